The molecule has 0 atom stereocenters. The minimum Gasteiger partial charge on any atom is -0.384 e. The largest absolute Gasteiger partial charge is 0.384 e. The van der Waals surface area contributed by atoms with Gasteiger partial charge < -0.3 is 15.5 Å². The molecule has 0 unspecified atom stereocenters. The first-order valence-corrected chi connectivity index (χ1v) is 15.6. The van der Waals surface area contributed by atoms with Crippen molar-refractivity contribution in [3.63, 3.8) is 0 Å². The third-order valence-corrected chi connectivity index (χ3v) is 9.89. The number of carbonyl (C=O) groups is 1. The second-order valence-electron chi connectivity index (χ2n) is 9.66. The summed E-state index contributed by atoms with van der Waals surface area (Å²) in [7, 11) is -3.98. The van der Waals surface area contributed by atoms with Crippen LogP contribution in [0.1, 0.15) is 31.1 Å². The summed E-state index contributed by atoms with van der Waals surface area (Å²) in [5.74, 6) is 0.375. The quantitative estimate of drug-likeness (QED) is 0.268. The topological polar surface area (TPSA) is 125 Å². The summed E-state index contributed by atoms with van der Waals surface area (Å²) in [5, 5.41) is 7.33. The van der Waals surface area contributed by atoms with Crippen molar-refractivity contribution in [3.8, 4) is 5.82 Å². The molecule has 0 bridgehead atoms. The van der Waals surface area contributed by atoms with E-state index in [0.29, 0.717) is 17.6 Å². The van der Waals surface area contributed by atoms with Crippen LogP contribution in [0.2, 0.25) is 0 Å². The number of nitrogens with one attached hydrogen (secondary N) is 3. The van der Waals surface area contributed by atoms with Gasteiger partial charge in [-0.25, -0.2) is 22.9 Å². The predicted octanol–water partition coefficient (Wildman–Crippen LogP) is 4.42. The lowest BCUT2D eigenvalue weighted by Gasteiger charge is -2.26. The predicted molar refractivity (Wildman–Crippen MR) is 159 cm³/mol. The second-order valence-corrected chi connectivity index (χ2v) is 12.7. The van der Waals surface area contributed by atoms with Crippen LogP contribution < -0.4 is 20.9 Å². The van der Waals surface area contributed by atoms with Gasteiger partial charge in [-0.15, -0.1) is 11.3 Å². The molecular weight excluding hydrogens is 548 g/mol. The third-order valence-electron chi connectivity index (χ3n) is 6.84. The normalized spacial score (nSPS) is 14.2. The van der Waals surface area contributed by atoms with E-state index in [1.807, 2.05) is 35.9 Å². The molecule has 0 spiro atoms. The molecule has 1 aromatic carbocycles. The molecule has 10 nitrogen and oxygen atoms in total. The van der Waals surface area contributed by atoms with Gasteiger partial charge in [-0.1, -0.05) is 13.3 Å². The van der Waals surface area contributed by atoms with Crippen molar-refractivity contribution < 1.29 is 13.2 Å². The van der Waals surface area contributed by atoms with Gasteiger partial charge in [0.15, 0.2) is 0 Å². The van der Waals surface area contributed by atoms with Crippen LogP contribution in [0, 0.1) is 0 Å². The molecule has 3 N–H and O–H groups in total. The Balaban J connectivity index is 1.22. The number of aromatic nitrogens is 2. The van der Waals surface area contributed by atoms with Gasteiger partial charge in [0.05, 0.1) is 11.9 Å². The molecule has 1 saturated heterocycles. The molecule has 0 saturated carbocycles. The second kappa shape index (κ2) is 12.2. The standard InChI is InChI=1S/C28H32N6O4S2/c1-2-23-8-11-26(39-23)40(37,38)32-28(36)31-22-7-10-25(30-19-22)34-16-12-20-18-21(6-9-24(20)27(34)35)29-13-17-33-14-4-3-5-15-33/h6-12,16,18-19,29H,2-5,13-15,17H2,1H3,(H2,31,32,36). The van der Waals surface area contributed by atoms with Gasteiger partial charge in [0.2, 0.25) is 0 Å². The van der Waals surface area contributed by atoms with E-state index in [9.17, 15) is 18.0 Å². The van der Waals surface area contributed by atoms with Gasteiger partial charge in [-0.2, -0.15) is 0 Å². The Hall–Kier alpha value is -3.74. The number of fused-ring (bicyclic) bond motifs is 1. The zero-order valence-electron chi connectivity index (χ0n) is 22.2. The van der Waals surface area contributed by atoms with E-state index < -0.39 is 16.1 Å². The number of sulfonamides is 1. The summed E-state index contributed by atoms with van der Waals surface area (Å²) in [5.41, 5.74) is 1.04. The number of rotatable bonds is 9. The molecule has 3 aromatic heterocycles. The van der Waals surface area contributed by atoms with Gasteiger partial charge in [0.25, 0.3) is 15.6 Å². The van der Waals surface area contributed by atoms with Gasteiger partial charge >= 0.3 is 6.03 Å². The van der Waals surface area contributed by atoms with Crippen LogP contribution in [0.5, 0.6) is 0 Å². The van der Waals surface area contributed by atoms with Crippen LogP contribution in [0.3, 0.4) is 0 Å². The molecule has 12 heteroatoms. The first-order valence-electron chi connectivity index (χ1n) is 13.3. The molecule has 5 rings (SSSR count). The molecule has 4 heterocycles. The van der Waals surface area contributed by atoms with Crippen molar-refractivity contribution in [3.05, 3.63) is 76.2 Å². The number of pyridine rings is 2. The van der Waals surface area contributed by atoms with Gasteiger partial charge in [-0.05, 0) is 86.3 Å². The molecule has 210 valence electrons. The van der Waals surface area contributed by atoms with Crippen molar-refractivity contribution in [2.45, 2.75) is 36.8 Å². The van der Waals surface area contributed by atoms with E-state index in [1.165, 1.54) is 36.1 Å². The molecule has 1 aliphatic rings. The number of amides is 2. The summed E-state index contributed by atoms with van der Waals surface area (Å²) >= 11 is 1.12. The van der Waals surface area contributed by atoms with Gasteiger partial charge in [0, 0.05) is 35.2 Å². The van der Waals surface area contributed by atoms with E-state index in [4.69, 9.17) is 0 Å². The van der Waals surface area contributed by atoms with Crippen LogP contribution in [0.25, 0.3) is 16.6 Å². The number of urea groups is 1. The molecule has 0 radical (unpaired) electrons. The average Bonchev–Trinajstić information content (AvgIpc) is 3.45. The van der Waals surface area contributed by atoms with Crippen molar-refractivity contribution in [2.24, 2.45) is 0 Å². The van der Waals surface area contributed by atoms with E-state index in [0.717, 1.165) is 53.5 Å². The molecule has 1 fully saturated rings. The molecule has 4 aromatic rings. The minimum absolute atomic E-state index is 0.0732. The zero-order valence-corrected chi connectivity index (χ0v) is 23.9. The smallest absolute Gasteiger partial charge is 0.333 e. The number of carbonyl (C=O) groups excluding carboxylic acids is 1. The highest BCUT2D eigenvalue weighted by atomic mass is 32.2. The average molecular weight is 581 g/mol. The first-order chi connectivity index (χ1) is 19.3. The molecule has 40 heavy (non-hydrogen) atoms. The summed E-state index contributed by atoms with van der Waals surface area (Å²) in [6.07, 6.45) is 7.61. The third kappa shape index (κ3) is 6.52. The Kier molecular flexibility index (Phi) is 8.48. The first kappa shape index (κ1) is 27.8. The van der Waals surface area contributed by atoms with Crippen LogP contribution >= 0.6 is 11.3 Å². The highest BCUT2D eigenvalue weighted by molar-refractivity contribution is 7.92. The van der Waals surface area contributed by atoms with Crippen LogP contribution in [-0.2, 0) is 16.4 Å². The van der Waals surface area contributed by atoms with Crippen molar-refractivity contribution in [2.75, 3.05) is 36.8 Å². The summed E-state index contributed by atoms with van der Waals surface area (Å²) in [4.78, 5) is 33.2. The SMILES string of the molecule is CCc1ccc(S(=O)(=O)NC(=O)Nc2ccc(-n3ccc4cc(NCCN5CCCCC5)ccc4c3=O)nc2)s1. The lowest BCUT2D eigenvalue weighted by molar-refractivity contribution is 0.237. The van der Waals surface area contributed by atoms with Gasteiger partial charge in [0.1, 0.15) is 10.0 Å². The Bertz CT molecular complexity index is 1660. The minimum atomic E-state index is -3.98. The summed E-state index contributed by atoms with van der Waals surface area (Å²) < 4.78 is 28.4. The lowest BCUT2D eigenvalue weighted by Crippen LogP contribution is -2.34. The Morgan fingerprint density at radius 2 is 1.82 bits per heavy atom. The van der Waals surface area contributed by atoms with Crippen LogP contribution in [0.4, 0.5) is 16.2 Å². The number of thiophene rings is 1. The monoisotopic (exact) mass is 580 g/mol. The highest BCUT2D eigenvalue weighted by Crippen LogP contribution is 2.22. The fraction of sp³-hybridized carbons (Fsp3) is 0.321. The number of aryl methyl sites for hydroxylation is 1. The van der Waals surface area contributed by atoms with Crippen molar-refractivity contribution in [1.29, 1.82) is 0 Å². The summed E-state index contributed by atoms with van der Waals surface area (Å²) in [6, 6.07) is 13.0. The molecule has 2 amide bonds. The van der Waals surface area contributed by atoms with Crippen molar-refractivity contribution >= 4 is 49.5 Å². The zero-order chi connectivity index (χ0) is 28.1. The Morgan fingerprint density at radius 3 is 2.55 bits per heavy atom. The maximum atomic E-state index is 13.2. The van der Waals surface area contributed by atoms with Gasteiger partial charge in [-0.3, -0.25) is 9.36 Å². The van der Waals surface area contributed by atoms with E-state index in [1.54, 1.807) is 24.4 Å². The van der Waals surface area contributed by atoms with E-state index >= 15 is 0 Å². The van der Waals surface area contributed by atoms with Crippen LogP contribution in [0.15, 0.2) is 69.9 Å². The highest BCUT2D eigenvalue weighted by Gasteiger charge is 2.20. The molecule has 1 aliphatic heterocycles. The lowest BCUT2D eigenvalue weighted by atomic mass is 10.1. The fourth-order valence-corrected chi connectivity index (χ4v) is 6.91. The maximum Gasteiger partial charge on any atom is 0.333 e. The van der Waals surface area contributed by atoms with Crippen molar-refractivity contribution in [1.82, 2.24) is 19.2 Å². The summed E-state index contributed by atoms with van der Waals surface area (Å²) in [6.45, 7) is 6.10. The van der Waals surface area contributed by atoms with E-state index in [-0.39, 0.29) is 15.5 Å². The molecule has 0 aliphatic carbocycles. The number of hydrogen-bond acceptors (Lipinski definition) is 8. The number of hydrogen-bond donors (Lipinski definition) is 3. The maximum absolute atomic E-state index is 13.2. The number of nitrogens with zero attached hydrogens (tertiary/aromatic N) is 3. The number of anilines is 2. The Morgan fingerprint density at radius 1 is 1.02 bits per heavy atom. The number of benzene rings is 1. The van der Waals surface area contributed by atoms with Crippen LogP contribution in [-0.4, -0.2) is 55.1 Å². The van der Waals surface area contributed by atoms with E-state index in [2.05, 4.69) is 20.5 Å². The Labute approximate surface area is 237 Å². The fourth-order valence-electron chi connectivity index (χ4n) is 4.70. The number of likely N-dealkylation sites (tertiary alicyclic amines) is 1. The number of piperidine rings is 1. The molecular formula is C28H32N6O4S2.